The van der Waals surface area contributed by atoms with Gasteiger partial charge in [0.25, 0.3) is 0 Å². The molecule has 0 amide bonds. The second kappa shape index (κ2) is 6.65. The third-order valence-electron chi connectivity index (χ3n) is 1.33. The van der Waals surface area contributed by atoms with Gasteiger partial charge in [0.15, 0.2) is 6.29 Å². The van der Waals surface area contributed by atoms with Crippen molar-refractivity contribution in [3.8, 4) is 0 Å². The summed E-state index contributed by atoms with van der Waals surface area (Å²) in [5.74, 6) is 0. The summed E-state index contributed by atoms with van der Waals surface area (Å²) < 4.78 is 10.3. The first kappa shape index (κ1) is 11.0. The Labute approximate surface area is 73.1 Å². The smallest absolute Gasteiger partial charge is 0.157 e. The molecule has 0 N–H and O–H groups in total. The van der Waals surface area contributed by atoms with Crippen LogP contribution in [0.4, 0.5) is 0 Å². The highest BCUT2D eigenvalue weighted by molar-refractivity contribution is 6.17. The van der Waals surface area contributed by atoms with Gasteiger partial charge in [0.05, 0.1) is 6.10 Å². The van der Waals surface area contributed by atoms with E-state index < -0.39 is 0 Å². The summed E-state index contributed by atoms with van der Waals surface area (Å²) in [5, 5.41) is 0. The minimum absolute atomic E-state index is 0.0632. The number of halogens is 1. The van der Waals surface area contributed by atoms with Crippen LogP contribution in [0.3, 0.4) is 0 Å². The molecule has 0 saturated heterocycles. The topological polar surface area (TPSA) is 18.5 Å². The number of alkyl halides is 1. The molecule has 66 valence electrons. The molecule has 0 aliphatic rings. The van der Waals surface area contributed by atoms with Crippen molar-refractivity contribution in [3.05, 3.63) is 12.7 Å². The van der Waals surface area contributed by atoms with Crippen molar-refractivity contribution < 1.29 is 9.47 Å². The Balaban J connectivity index is 3.53. The third-order valence-corrected chi connectivity index (χ3v) is 1.46. The van der Waals surface area contributed by atoms with Gasteiger partial charge in [-0.2, -0.15) is 0 Å². The summed E-state index contributed by atoms with van der Waals surface area (Å²) >= 11 is 5.34. The standard InChI is InChI=1S/C8H15ClO2/c1-4-8(5-2)11-7(3)10-6-9/h4,7-8H,1,5-6H2,2-3H3/t7?,8-/m1/s1. The van der Waals surface area contributed by atoms with Crippen LogP contribution >= 0.6 is 11.6 Å². The van der Waals surface area contributed by atoms with E-state index in [1.807, 2.05) is 13.8 Å². The maximum Gasteiger partial charge on any atom is 0.157 e. The van der Waals surface area contributed by atoms with Crippen molar-refractivity contribution >= 4 is 11.6 Å². The van der Waals surface area contributed by atoms with Crippen LogP contribution in [-0.2, 0) is 9.47 Å². The van der Waals surface area contributed by atoms with E-state index in [1.54, 1.807) is 6.08 Å². The average molecular weight is 179 g/mol. The van der Waals surface area contributed by atoms with Crippen LogP contribution in [0.15, 0.2) is 12.7 Å². The molecule has 0 aromatic carbocycles. The maximum atomic E-state index is 5.36. The molecular formula is C8H15ClO2. The predicted octanol–water partition coefficient (Wildman–Crippen LogP) is 2.53. The van der Waals surface area contributed by atoms with E-state index in [4.69, 9.17) is 21.1 Å². The molecule has 0 rings (SSSR count). The van der Waals surface area contributed by atoms with E-state index in [9.17, 15) is 0 Å². The SMILES string of the molecule is C=C[C@H](CC)OC(C)OCCl. The first-order valence-corrected chi connectivity index (χ1v) is 4.23. The van der Waals surface area contributed by atoms with Crippen LogP contribution in [0.1, 0.15) is 20.3 Å². The van der Waals surface area contributed by atoms with Gasteiger partial charge in [-0.05, 0) is 13.3 Å². The Morgan fingerprint density at radius 2 is 2.27 bits per heavy atom. The largest absolute Gasteiger partial charge is 0.346 e. The lowest BCUT2D eigenvalue weighted by molar-refractivity contribution is -0.137. The molecule has 0 aliphatic carbocycles. The second-order valence-corrected chi connectivity index (χ2v) is 2.38. The van der Waals surface area contributed by atoms with Crippen LogP contribution in [-0.4, -0.2) is 18.5 Å². The number of hydrogen-bond donors (Lipinski definition) is 0. The first-order chi connectivity index (χ1) is 5.24. The van der Waals surface area contributed by atoms with E-state index in [0.717, 1.165) is 6.42 Å². The van der Waals surface area contributed by atoms with Gasteiger partial charge in [0.2, 0.25) is 0 Å². The Morgan fingerprint density at radius 3 is 2.64 bits per heavy atom. The Hall–Kier alpha value is -0.0500. The van der Waals surface area contributed by atoms with Crippen molar-refractivity contribution in [1.29, 1.82) is 0 Å². The Bertz CT molecular complexity index is 106. The molecule has 0 spiro atoms. The summed E-state index contributed by atoms with van der Waals surface area (Å²) in [4.78, 5) is 0. The van der Waals surface area contributed by atoms with E-state index >= 15 is 0 Å². The molecular weight excluding hydrogens is 164 g/mol. The van der Waals surface area contributed by atoms with Crippen molar-refractivity contribution in [3.63, 3.8) is 0 Å². The zero-order valence-corrected chi connectivity index (χ0v) is 7.80. The summed E-state index contributed by atoms with van der Waals surface area (Å²) in [7, 11) is 0. The maximum absolute atomic E-state index is 5.36. The minimum Gasteiger partial charge on any atom is -0.346 e. The molecule has 3 heteroatoms. The minimum atomic E-state index is -0.254. The number of ether oxygens (including phenoxy) is 2. The molecule has 11 heavy (non-hydrogen) atoms. The monoisotopic (exact) mass is 178 g/mol. The highest BCUT2D eigenvalue weighted by Crippen LogP contribution is 2.04. The van der Waals surface area contributed by atoms with Crippen LogP contribution < -0.4 is 0 Å². The predicted molar refractivity (Wildman–Crippen MR) is 46.6 cm³/mol. The lowest BCUT2D eigenvalue weighted by Crippen LogP contribution is -2.19. The number of hydrogen-bond acceptors (Lipinski definition) is 2. The van der Waals surface area contributed by atoms with Crippen LogP contribution in [0.5, 0.6) is 0 Å². The molecule has 0 bridgehead atoms. The van der Waals surface area contributed by atoms with Gasteiger partial charge < -0.3 is 9.47 Å². The van der Waals surface area contributed by atoms with Gasteiger partial charge in [-0.1, -0.05) is 24.6 Å². The lowest BCUT2D eigenvalue weighted by Gasteiger charge is -2.17. The molecule has 2 nitrogen and oxygen atoms in total. The Kier molecular flexibility index (Phi) is 6.62. The fourth-order valence-corrected chi connectivity index (χ4v) is 0.870. The van der Waals surface area contributed by atoms with Gasteiger partial charge in [-0.3, -0.25) is 0 Å². The first-order valence-electron chi connectivity index (χ1n) is 3.70. The highest BCUT2D eigenvalue weighted by atomic mass is 35.5. The fraction of sp³-hybridized carbons (Fsp3) is 0.750. The zero-order valence-electron chi connectivity index (χ0n) is 7.05. The molecule has 0 heterocycles. The highest BCUT2D eigenvalue weighted by Gasteiger charge is 2.06. The van der Waals surface area contributed by atoms with Gasteiger partial charge in [0, 0.05) is 0 Å². The van der Waals surface area contributed by atoms with E-state index in [2.05, 4.69) is 6.58 Å². The van der Waals surface area contributed by atoms with Gasteiger partial charge in [-0.25, -0.2) is 0 Å². The normalized spacial score (nSPS) is 15.9. The molecule has 0 aliphatic heterocycles. The summed E-state index contributed by atoms with van der Waals surface area (Å²) in [6.07, 6.45) is 2.47. The Morgan fingerprint density at radius 1 is 1.64 bits per heavy atom. The summed E-state index contributed by atoms with van der Waals surface area (Å²) in [6, 6.07) is 0.161. The van der Waals surface area contributed by atoms with Crippen molar-refractivity contribution in [2.75, 3.05) is 6.07 Å². The van der Waals surface area contributed by atoms with Crippen LogP contribution in [0, 0.1) is 0 Å². The van der Waals surface area contributed by atoms with E-state index in [0.29, 0.717) is 0 Å². The molecule has 2 atom stereocenters. The molecule has 0 aromatic rings. The van der Waals surface area contributed by atoms with E-state index in [1.165, 1.54) is 0 Å². The molecule has 0 aromatic heterocycles. The third kappa shape index (κ3) is 5.24. The van der Waals surface area contributed by atoms with Crippen LogP contribution in [0.25, 0.3) is 0 Å². The summed E-state index contributed by atoms with van der Waals surface area (Å²) in [6.45, 7) is 7.47. The van der Waals surface area contributed by atoms with E-state index in [-0.39, 0.29) is 18.5 Å². The second-order valence-electron chi connectivity index (χ2n) is 2.16. The summed E-state index contributed by atoms with van der Waals surface area (Å²) in [5.41, 5.74) is 0. The lowest BCUT2D eigenvalue weighted by atomic mass is 10.3. The van der Waals surface area contributed by atoms with Crippen LogP contribution in [0.2, 0.25) is 0 Å². The number of rotatable bonds is 6. The molecule has 0 saturated carbocycles. The van der Waals surface area contributed by atoms with Crippen molar-refractivity contribution in [2.45, 2.75) is 32.7 Å². The average Bonchev–Trinajstić information content (AvgIpc) is 2.01. The molecule has 0 fully saturated rings. The van der Waals surface area contributed by atoms with Crippen molar-refractivity contribution in [1.82, 2.24) is 0 Å². The van der Waals surface area contributed by atoms with Gasteiger partial charge in [-0.15, -0.1) is 6.58 Å². The molecule has 1 unspecified atom stereocenters. The van der Waals surface area contributed by atoms with Crippen molar-refractivity contribution in [2.24, 2.45) is 0 Å². The molecule has 0 radical (unpaired) electrons. The zero-order chi connectivity index (χ0) is 8.69. The quantitative estimate of drug-likeness (QED) is 0.354. The fourth-order valence-electron chi connectivity index (χ4n) is 0.693. The van der Waals surface area contributed by atoms with Gasteiger partial charge in [0.1, 0.15) is 6.07 Å². The van der Waals surface area contributed by atoms with Gasteiger partial charge >= 0.3 is 0 Å².